The number of nitrogens with zero attached hydrogens (tertiary/aromatic N) is 2. The van der Waals surface area contributed by atoms with Gasteiger partial charge in [-0.3, -0.25) is 0 Å². The highest BCUT2D eigenvalue weighted by Crippen LogP contribution is 2.56. The maximum absolute atomic E-state index is 2.47. The second-order valence-electron chi connectivity index (χ2n) is 23.4. The molecule has 2 heterocycles. The Balaban J connectivity index is 0.736. The zero-order valence-electron chi connectivity index (χ0n) is 46.4. The van der Waals surface area contributed by atoms with Crippen LogP contribution in [-0.4, -0.2) is 9.13 Å². The molecule has 0 radical (unpaired) electrons. The number of fused-ring (bicyclic) bond motifs is 12. The molecule has 0 bridgehead atoms. The second-order valence-corrected chi connectivity index (χ2v) is 23.4. The molecule has 2 aliphatic rings. The van der Waals surface area contributed by atoms with Gasteiger partial charge in [-0.05, 0) is 192 Å². The third-order valence-electron chi connectivity index (χ3n) is 19.2. The molecule has 14 aromatic rings. The molecule has 0 aliphatic heterocycles. The molecular weight excluding hydrogens is 989 g/mol. The van der Waals surface area contributed by atoms with Crippen LogP contribution in [0.3, 0.4) is 0 Å². The Bertz CT molecular complexity index is 4810. The monoisotopic (exact) mass is 1050 g/mol. The number of benzene rings is 12. The van der Waals surface area contributed by atoms with Crippen molar-refractivity contribution >= 4 is 43.6 Å². The summed E-state index contributed by atoms with van der Waals surface area (Å²) >= 11 is 0. The largest absolute Gasteiger partial charge is 0.309 e. The minimum atomic E-state index is -0.236. The van der Waals surface area contributed by atoms with Crippen LogP contribution in [0.25, 0.3) is 111 Å². The van der Waals surface area contributed by atoms with E-state index in [1.165, 1.54) is 138 Å². The smallest absolute Gasteiger partial charge is 0.0541 e. The first-order chi connectivity index (χ1) is 40.4. The lowest BCUT2D eigenvalue weighted by Crippen LogP contribution is -2.28. The predicted molar refractivity (Wildman–Crippen MR) is 345 cm³/mol. The fourth-order valence-corrected chi connectivity index (χ4v) is 14.8. The van der Waals surface area contributed by atoms with Crippen molar-refractivity contribution < 1.29 is 0 Å². The summed E-state index contributed by atoms with van der Waals surface area (Å²) in [5, 5.41) is 5.04. The molecule has 0 amide bonds. The Labute approximate surface area is 479 Å². The number of para-hydroxylation sites is 3. The lowest BCUT2D eigenvalue weighted by molar-refractivity contribution is 0.485. The number of rotatable bonds is 9. The summed E-state index contributed by atoms with van der Waals surface area (Å²) in [7, 11) is 0. The van der Waals surface area contributed by atoms with Crippen molar-refractivity contribution in [2.45, 2.75) is 50.4 Å². The molecule has 0 saturated carbocycles. The Morgan fingerprint density at radius 1 is 0.341 bits per heavy atom. The first kappa shape index (κ1) is 48.2. The summed E-state index contributed by atoms with van der Waals surface area (Å²) < 4.78 is 4.83. The van der Waals surface area contributed by atoms with E-state index in [1.54, 1.807) is 0 Å². The Hall–Kier alpha value is -9.76. The van der Waals surface area contributed by atoms with Gasteiger partial charge in [-0.1, -0.05) is 221 Å². The van der Waals surface area contributed by atoms with E-state index in [9.17, 15) is 0 Å². The topological polar surface area (TPSA) is 9.86 Å². The van der Waals surface area contributed by atoms with Gasteiger partial charge in [0.2, 0.25) is 0 Å². The molecule has 12 aromatic carbocycles. The van der Waals surface area contributed by atoms with Crippen molar-refractivity contribution in [3.63, 3.8) is 0 Å². The molecule has 2 heteroatoms. The Morgan fingerprint density at radius 2 is 0.793 bits per heavy atom. The molecule has 0 saturated heterocycles. The van der Waals surface area contributed by atoms with E-state index >= 15 is 0 Å². The van der Waals surface area contributed by atoms with Crippen LogP contribution in [0.4, 0.5) is 0 Å². The van der Waals surface area contributed by atoms with Crippen LogP contribution < -0.4 is 0 Å². The molecule has 4 atom stereocenters. The molecule has 0 fully saturated rings. The molecule has 2 aliphatic carbocycles. The molecule has 16 rings (SSSR count). The zero-order valence-corrected chi connectivity index (χ0v) is 46.4. The van der Waals surface area contributed by atoms with Gasteiger partial charge in [-0.15, -0.1) is 0 Å². The number of hydrogen-bond acceptors (Lipinski definition) is 0. The van der Waals surface area contributed by atoms with Crippen molar-refractivity contribution in [3.05, 3.63) is 312 Å². The van der Waals surface area contributed by atoms with E-state index in [2.05, 4.69) is 309 Å². The fraction of sp³-hybridized carbons (Fsp3) is 0.100. The predicted octanol–water partition coefficient (Wildman–Crippen LogP) is 21.1. The quantitative estimate of drug-likeness (QED) is 0.136. The molecule has 0 spiro atoms. The summed E-state index contributed by atoms with van der Waals surface area (Å²) in [4.78, 5) is 0. The van der Waals surface area contributed by atoms with Crippen molar-refractivity contribution in [3.8, 4) is 67.0 Å². The first-order valence-corrected chi connectivity index (χ1v) is 29.2. The van der Waals surface area contributed by atoms with Crippen LogP contribution in [0.2, 0.25) is 0 Å². The minimum absolute atomic E-state index is 0.205. The summed E-state index contributed by atoms with van der Waals surface area (Å²) in [6, 6.07) is 105. The second kappa shape index (κ2) is 18.9. The lowest BCUT2D eigenvalue weighted by Gasteiger charge is -2.35. The number of hydrogen-bond donors (Lipinski definition) is 0. The third-order valence-corrected chi connectivity index (χ3v) is 19.2. The maximum Gasteiger partial charge on any atom is 0.0541 e. The van der Waals surface area contributed by atoms with Gasteiger partial charge in [-0.2, -0.15) is 0 Å². The molecule has 82 heavy (non-hydrogen) atoms. The van der Waals surface area contributed by atoms with E-state index in [0.29, 0.717) is 11.8 Å². The Morgan fingerprint density at radius 3 is 1.44 bits per heavy atom. The highest BCUT2D eigenvalue weighted by atomic mass is 15.0. The van der Waals surface area contributed by atoms with Crippen LogP contribution >= 0.6 is 0 Å². The molecule has 2 nitrogen and oxygen atoms in total. The SMILES string of the molecule is CC(c1ccccc1)C1Cc2ccc(-c3ccc4c(c3)c3cc(-c5ccc(C(C)C6(C)c7ccccc7-c7cc(-c8ccc9c(c8)c8ccccc8n9-c8ccccc8)ccc76)cc5)ccc3n4-c3ccccc3)cc2-c2ccccc21. The number of aromatic nitrogens is 2. The average molecular weight is 1050 g/mol. The third kappa shape index (κ3) is 7.48. The van der Waals surface area contributed by atoms with Gasteiger partial charge in [0.25, 0.3) is 0 Å². The van der Waals surface area contributed by atoms with Crippen molar-refractivity contribution in [1.29, 1.82) is 0 Å². The summed E-state index contributed by atoms with van der Waals surface area (Å²) in [6.07, 6.45) is 1.03. The van der Waals surface area contributed by atoms with Gasteiger partial charge < -0.3 is 9.13 Å². The van der Waals surface area contributed by atoms with Crippen molar-refractivity contribution in [2.24, 2.45) is 0 Å². The first-order valence-electron chi connectivity index (χ1n) is 29.2. The fourth-order valence-electron chi connectivity index (χ4n) is 14.8. The minimum Gasteiger partial charge on any atom is -0.309 e. The van der Waals surface area contributed by atoms with E-state index in [0.717, 1.165) is 12.1 Å². The van der Waals surface area contributed by atoms with E-state index < -0.39 is 0 Å². The van der Waals surface area contributed by atoms with Gasteiger partial charge in [0, 0.05) is 38.3 Å². The van der Waals surface area contributed by atoms with Crippen molar-refractivity contribution in [2.75, 3.05) is 0 Å². The highest BCUT2D eigenvalue weighted by Gasteiger charge is 2.44. The molecule has 0 N–H and O–H groups in total. The molecular formula is C80H60N2. The van der Waals surface area contributed by atoms with Crippen LogP contribution in [-0.2, 0) is 11.8 Å². The summed E-state index contributed by atoms with van der Waals surface area (Å²) in [6.45, 7) is 7.30. The standard InChI is InChI=1S/C80H60N2/c1-51(53-19-7-4-8-20-53)68-50-61-36-35-57(45-69(61)65-26-14-13-25-64(65)68)60-40-44-79-73(49-60)72-47-56(38-42-78(72)82(79)63-23-11-6-12-24-63)55-33-31-54(32-34-55)52(2)80(3)74-29-17-15-27-66(74)70-46-58(37-41-75(70)80)59-39-43-77-71(48-59)67-28-16-18-30-76(67)81(77)62-21-9-5-10-22-62/h4-49,51-52,68H,50H2,1-3H3. The lowest BCUT2D eigenvalue weighted by atomic mass is 9.68. The molecule has 4 unspecified atom stereocenters. The van der Waals surface area contributed by atoms with Gasteiger partial charge in [0.1, 0.15) is 0 Å². The van der Waals surface area contributed by atoms with Crippen LogP contribution in [0.15, 0.2) is 279 Å². The van der Waals surface area contributed by atoms with E-state index in [-0.39, 0.29) is 11.3 Å². The van der Waals surface area contributed by atoms with Crippen LogP contribution in [0.1, 0.15) is 71.9 Å². The zero-order chi connectivity index (χ0) is 54.6. The summed E-state index contributed by atoms with van der Waals surface area (Å²) in [5.41, 5.74) is 28.1. The van der Waals surface area contributed by atoms with Gasteiger partial charge in [0.05, 0.1) is 22.1 Å². The highest BCUT2D eigenvalue weighted by molar-refractivity contribution is 6.12. The molecule has 390 valence electrons. The Kier molecular flexibility index (Phi) is 11.1. The van der Waals surface area contributed by atoms with Gasteiger partial charge >= 0.3 is 0 Å². The van der Waals surface area contributed by atoms with E-state index in [4.69, 9.17) is 0 Å². The van der Waals surface area contributed by atoms with Crippen LogP contribution in [0.5, 0.6) is 0 Å². The van der Waals surface area contributed by atoms with E-state index in [1.807, 2.05) is 0 Å². The summed E-state index contributed by atoms with van der Waals surface area (Å²) in [5.74, 6) is 1.03. The van der Waals surface area contributed by atoms with Crippen LogP contribution in [0, 0.1) is 0 Å². The maximum atomic E-state index is 2.47. The van der Waals surface area contributed by atoms with Gasteiger partial charge in [-0.25, -0.2) is 0 Å². The molecule has 2 aromatic heterocycles. The average Bonchev–Trinajstić information content (AvgIpc) is 3.87. The normalized spacial score (nSPS) is 16.0. The van der Waals surface area contributed by atoms with Crippen molar-refractivity contribution in [1.82, 2.24) is 9.13 Å². The van der Waals surface area contributed by atoms with Gasteiger partial charge in [0.15, 0.2) is 0 Å².